The van der Waals surface area contributed by atoms with Gasteiger partial charge in [0.1, 0.15) is 10.9 Å². The van der Waals surface area contributed by atoms with Gasteiger partial charge in [-0.1, -0.05) is 0 Å². The number of aliphatic hydroxyl groups excluding tert-OH is 1. The van der Waals surface area contributed by atoms with Crippen LogP contribution < -0.4 is 24.6 Å². The van der Waals surface area contributed by atoms with Crippen LogP contribution in [0.1, 0.15) is 55.6 Å². The Hall–Kier alpha value is -3.09. The molecule has 2 aromatic rings. The number of hydrogen-bond donors (Lipinski definition) is 3. The standard InChI is InChI=1S/C29H39N5O6S/c1-19-17-34(12-14-39-19)27-26-21(5-13-40-26)15-24(30-27)28(36)31-23-4-3-22(32-41(37,38)20(2)18-35)16-25(23)33-10-8-29(6-7-29)9-11-33/h3-4,15-16,19-20,32,35H,5-14,17-18H2,1-2H3,(H,31,36)/t19-,20+/m1/s1. The van der Waals surface area contributed by atoms with E-state index in [0.29, 0.717) is 61.0 Å². The zero-order valence-corrected chi connectivity index (χ0v) is 24.5. The second-order valence-electron chi connectivity index (χ2n) is 11.9. The highest BCUT2D eigenvalue weighted by atomic mass is 32.2. The smallest absolute Gasteiger partial charge is 0.274 e. The molecule has 4 aliphatic rings. The Morgan fingerprint density at radius 2 is 1.93 bits per heavy atom. The monoisotopic (exact) mass is 585 g/mol. The van der Waals surface area contributed by atoms with Gasteiger partial charge in [0, 0.05) is 38.2 Å². The number of aliphatic hydroxyl groups is 1. The van der Waals surface area contributed by atoms with E-state index < -0.39 is 21.9 Å². The van der Waals surface area contributed by atoms with Crippen LogP contribution in [0.3, 0.4) is 0 Å². The van der Waals surface area contributed by atoms with Crippen molar-refractivity contribution in [2.75, 3.05) is 65.8 Å². The second kappa shape index (κ2) is 11.0. The molecule has 2 atom stereocenters. The summed E-state index contributed by atoms with van der Waals surface area (Å²) in [5.41, 5.74) is 3.48. The number of aromatic nitrogens is 1. The molecule has 1 spiro atoms. The van der Waals surface area contributed by atoms with E-state index in [9.17, 15) is 18.3 Å². The Bertz CT molecular complexity index is 1420. The summed E-state index contributed by atoms with van der Waals surface area (Å²) in [5, 5.41) is 11.5. The zero-order chi connectivity index (χ0) is 28.8. The number of rotatable bonds is 8. The molecule has 1 saturated carbocycles. The quantitative estimate of drug-likeness (QED) is 0.428. The third kappa shape index (κ3) is 5.82. The topological polar surface area (TPSA) is 133 Å². The lowest BCUT2D eigenvalue weighted by atomic mass is 9.93. The SMILES string of the molecule is C[C@@H]1CN(c2nc(C(=O)Nc3ccc(NS(=O)(=O)[C@@H](C)CO)cc3N3CCC4(CC3)CC4)cc3c2OCC3)CCO1. The number of carbonyl (C=O) groups excluding carboxylic acids is 1. The van der Waals surface area contributed by atoms with Crippen LogP contribution in [0.5, 0.6) is 5.75 Å². The van der Waals surface area contributed by atoms with Crippen molar-refractivity contribution in [1.82, 2.24) is 4.98 Å². The van der Waals surface area contributed by atoms with Gasteiger partial charge in [-0.15, -0.1) is 0 Å². The fourth-order valence-electron chi connectivity index (χ4n) is 5.93. The Labute approximate surface area is 241 Å². The van der Waals surface area contributed by atoms with Crippen molar-refractivity contribution in [3.05, 3.63) is 35.5 Å². The Morgan fingerprint density at radius 3 is 2.63 bits per heavy atom. The fourth-order valence-corrected chi connectivity index (χ4v) is 6.78. The zero-order valence-electron chi connectivity index (χ0n) is 23.7. The number of nitrogens with one attached hydrogen (secondary N) is 2. The molecule has 11 nitrogen and oxygen atoms in total. The molecule has 1 amide bonds. The van der Waals surface area contributed by atoms with Crippen LogP contribution in [-0.4, -0.2) is 81.8 Å². The van der Waals surface area contributed by atoms with Crippen molar-refractivity contribution in [2.45, 2.75) is 57.3 Å². The lowest BCUT2D eigenvalue weighted by Crippen LogP contribution is -2.41. The molecule has 0 radical (unpaired) electrons. The minimum Gasteiger partial charge on any atom is -0.489 e. The number of fused-ring (bicyclic) bond motifs is 1. The number of amides is 1. The largest absolute Gasteiger partial charge is 0.489 e. The summed E-state index contributed by atoms with van der Waals surface area (Å²) < 4.78 is 39.5. The van der Waals surface area contributed by atoms with Gasteiger partial charge in [0.25, 0.3) is 5.91 Å². The molecular formula is C29H39N5O6S. The molecule has 3 fully saturated rings. The Kier molecular flexibility index (Phi) is 7.50. The lowest BCUT2D eigenvalue weighted by Gasteiger charge is -2.35. The van der Waals surface area contributed by atoms with Gasteiger partial charge in [0.15, 0.2) is 11.6 Å². The molecule has 41 heavy (non-hydrogen) atoms. The van der Waals surface area contributed by atoms with Crippen molar-refractivity contribution in [3.8, 4) is 5.75 Å². The first-order valence-corrected chi connectivity index (χ1v) is 16.1. The van der Waals surface area contributed by atoms with Crippen molar-refractivity contribution in [2.24, 2.45) is 5.41 Å². The summed E-state index contributed by atoms with van der Waals surface area (Å²) in [6.07, 6.45) is 5.45. The summed E-state index contributed by atoms with van der Waals surface area (Å²) in [4.78, 5) is 22.8. The summed E-state index contributed by atoms with van der Waals surface area (Å²) in [6, 6.07) is 6.95. The molecule has 12 heteroatoms. The van der Waals surface area contributed by atoms with E-state index in [0.717, 1.165) is 42.9 Å². The molecular weight excluding hydrogens is 546 g/mol. The Morgan fingerprint density at radius 1 is 1.15 bits per heavy atom. The van der Waals surface area contributed by atoms with Gasteiger partial charge in [-0.25, -0.2) is 13.4 Å². The van der Waals surface area contributed by atoms with E-state index >= 15 is 0 Å². The average Bonchev–Trinajstić information content (AvgIpc) is 3.53. The van der Waals surface area contributed by atoms with Gasteiger partial charge in [-0.3, -0.25) is 9.52 Å². The first-order valence-electron chi connectivity index (χ1n) is 14.5. The molecule has 0 unspecified atom stereocenters. The number of ether oxygens (including phenoxy) is 2. The summed E-state index contributed by atoms with van der Waals surface area (Å²) in [5.74, 6) is 1.09. The van der Waals surface area contributed by atoms with Crippen LogP contribution in [0.2, 0.25) is 0 Å². The minimum absolute atomic E-state index is 0.0540. The van der Waals surface area contributed by atoms with Crippen LogP contribution in [0.25, 0.3) is 0 Å². The number of benzene rings is 1. The highest BCUT2D eigenvalue weighted by Gasteiger charge is 2.44. The van der Waals surface area contributed by atoms with E-state index in [-0.39, 0.29) is 12.0 Å². The van der Waals surface area contributed by atoms with Gasteiger partial charge in [-0.05, 0) is 69.2 Å². The summed E-state index contributed by atoms with van der Waals surface area (Å²) in [7, 11) is -3.77. The molecule has 3 N–H and O–H groups in total. The average molecular weight is 586 g/mol. The number of carbonyl (C=O) groups is 1. The van der Waals surface area contributed by atoms with Crippen LogP contribution >= 0.6 is 0 Å². The molecule has 222 valence electrons. The number of nitrogens with zero attached hydrogens (tertiary/aromatic N) is 3. The highest BCUT2D eigenvalue weighted by Crippen LogP contribution is 2.54. The van der Waals surface area contributed by atoms with E-state index in [1.165, 1.54) is 19.8 Å². The molecule has 6 rings (SSSR count). The van der Waals surface area contributed by atoms with E-state index in [2.05, 4.69) is 19.8 Å². The maximum Gasteiger partial charge on any atom is 0.274 e. The second-order valence-corrected chi connectivity index (χ2v) is 14.0. The van der Waals surface area contributed by atoms with Gasteiger partial charge in [0.2, 0.25) is 10.0 Å². The van der Waals surface area contributed by atoms with E-state index in [1.807, 2.05) is 6.92 Å². The van der Waals surface area contributed by atoms with E-state index in [4.69, 9.17) is 14.5 Å². The molecule has 1 aromatic heterocycles. The van der Waals surface area contributed by atoms with Gasteiger partial charge in [0.05, 0.1) is 43.0 Å². The molecule has 3 aliphatic heterocycles. The summed E-state index contributed by atoms with van der Waals surface area (Å²) in [6.45, 7) is 7.15. The van der Waals surface area contributed by atoms with Crippen molar-refractivity contribution in [1.29, 1.82) is 0 Å². The molecule has 2 saturated heterocycles. The third-order valence-corrected chi connectivity index (χ3v) is 10.6. The number of piperidine rings is 1. The highest BCUT2D eigenvalue weighted by molar-refractivity contribution is 7.93. The number of hydrogen-bond acceptors (Lipinski definition) is 9. The number of anilines is 4. The van der Waals surface area contributed by atoms with Gasteiger partial charge in [-0.2, -0.15) is 0 Å². The molecule has 4 heterocycles. The van der Waals surface area contributed by atoms with Crippen LogP contribution in [0.4, 0.5) is 22.9 Å². The Balaban J connectivity index is 1.29. The number of morpholine rings is 1. The number of pyridine rings is 1. The van der Waals surface area contributed by atoms with Crippen LogP contribution in [0.15, 0.2) is 24.3 Å². The molecule has 0 bridgehead atoms. The third-order valence-electron chi connectivity index (χ3n) is 8.84. The maximum absolute atomic E-state index is 13.7. The molecule has 1 aliphatic carbocycles. The van der Waals surface area contributed by atoms with E-state index in [1.54, 1.807) is 24.3 Å². The first-order chi connectivity index (χ1) is 19.7. The maximum atomic E-state index is 13.7. The first kappa shape index (κ1) is 28.0. The predicted molar refractivity (Wildman–Crippen MR) is 158 cm³/mol. The van der Waals surface area contributed by atoms with Gasteiger partial charge < -0.3 is 29.7 Å². The van der Waals surface area contributed by atoms with Gasteiger partial charge >= 0.3 is 0 Å². The van der Waals surface area contributed by atoms with Crippen molar-refractivity contribution in [3.63, 3.8) is 0 Å². The molecule has 1 aromatic carbocycles. The fraction of sp³-hybridized carbons (Fsp3) is 0.586. The van der Waals surface area contributed by atoms with Crippen molar-refractivity contribution >= 4 is 38.8 Å². The number of sulfonamides is 1. The lowest BCUT2D eigenvalue weighted by molar-refractivity contribution is 0.0527. The van der Waals surface area contributed by atoms with Crippen molar-refractivity contribution < 1.29 is 27.8 Å². The van der Waals surface area contributed by atoms with Crippen LogP contribution in [0, 0.1) is 5.41 Å². The van der Waals surface area contributed by atoms with Crippen LogP contribution in [-0.2, 0) is 21.2 Å². The summed E-state index contributed by atoms with van der Waals surface area (Å²) >= 11 is 0. The minimum atomic E-state index is -3.77. The predicted octanol–water partition coefficient (Wildman–Crippen LogP) is 3.00. The normalized spacial score (nSPS) is 22.2.